The molecule has 1 saturated carbocycles. The lowest BCUT2D eigenvalue weighted by atomic mass is 10.0. The van der Waals surface area contributed by atoms with Gasteiger partial charge < -0.3 is 14.7 Å². The number of nitrogens with zero attached hydrogens (tertiary/aromatic N) is 3. The second-order valence-electron chi connectivity index (χ2n) is 12.3. The van der Waals surface area contributed by atoms with E-state index in [4.69, 9.17) is 35.3 Å². The SMILES string of the molecule is C=C1[C@H](CO[P@]2(=O)OCC[C@H](c3ccc(F)c(Cl)c3)O2)[C@@H](O[Si](C)(C)C(C)(C)C)C[C@@H]1n1cnc2c(=O)[nH]c(N)nc21. The van der Waals surface area contributed by atoms with Crippen LogP contribution in [0.25, 0.3) is 11.2 Å². The van der Waals surface area contributed by atoms with Crippen LogP contribution in [0.1, 0.15) is 51.3 Å². The maximum absolute atomic E-state index is 13.7. The summed E-state index contributed by atoms with van der Waals surface area (Å²) in [5.41, 5.74) is 7.21. The molecule has 3 N–H and O–H groups in total. The lowest BCUT2D eigenvalue weighted by molar-refractivity contribution is 0.0175. The molecule has 5 rings (SSSR count). The second-order valence-corrected chi connectivity index (χ2v) is 19.0. The molecule has 1 aromatic carbocycles. The summed E-state index contributed by atoms with van der Waals surface area (Å²) in [5, 5.41) is -0.128. The molecular weight excluding hydrogens is 604 g/mol. The Morgan fingerprint density at radius 3 is 2.79 bits per heavy atom. The molecule has 1 saturated heterocycles. The van der Waals surface area contributed by atoms with E-state index in [-0.39, 0.29) is 52.8 Å². The molecule has 5 atom stereocenters. The number of aromatic nitrogens is 4. The van der Waals surface area contributed by atoms with Gasteiger partial charge in [-0.1, -0.05) is 45.0 Å². The van der Waals surface area contributed by atoms with Crippen LogP contribution in [0.4, 0.5) is 10.3 Å². The molecule has 1 aliphatic heterocycles. The molecule has 0 radical (unpaired) electrons. The first kappa shape index (κ1) is 31.1. The Balaban J connectivity index is 1.41. The number of imidazole rings is 1. The molecule has 11 nitrogen and oxygen atoms in total. The average Bonchev–Trinajstić information content (AvgIpc) is 3.44. The summed E-state index contributed by atoms with van der Waals surface area (Å²) < 4.78 is 53.2. The van der Waals surface area contributed by atoms with Crippen molar-refractivity contribution in [3.63, 3.8) is 0 Å². The number of halogens is 2. The van der Waals surface area contributed by atoms with E-state index < -0.39 is 33.6 Å². The van der Waals surface area contributed by atoms with Crippen molar-refractivity contribution in [1.82, 2.24) is 19.5 Å². The van der Waals surface area contributed by atoms with Crippen LogP contribution in [0.3, 0.4) is 0 Å². The minimum absolute atomic E-state index is 0.0199. The Labute approximate surface area is 249 Å². The van der Waals surface area contributed by atoms with Crippen LogP contribution in [-0.2, 0) is 22.6 Å². The van der Waals surface area contributed by atoms with Gasteiger partial charge in [0.25, 0.3) is 5.56 Å². The maximum Gasteiger partial charge on any atom is 0.475 e. The molecule has 42 heavy (non-hydrogen) atoms. The molecule has 0 bridgehead atoms. The highest BCUT2D eigenvalue weighted by Gasteiger charge is 2.48. The van der Waals surface area contributed by atoms with Gasteiger partial charge in [0.15, 0.2) is 19.5 Å². The topological polar surface area (TPSA) is 144 Å². The summed E-state index contributed by atoms with van der Waals surface area (Å²) in [6.07, 6.45) is 1.45. The summed E-state index contributed by atoms with van der Waals surface area (Å²) in [4.78, 5) is 23.5. The minimum atomic E-state index is -4.00. The predicted molar refractivity (Wildman–Crippen MR) is 160 cm³/mol. The summed E-state index contributed by atoms with van der Waals surface area (Å²) in [6, 6.07) is 3.89. The molecular formula is C27H36ClFN5O6PSi. The molecule has 2 aliphatic rings. The van der Waals surface area contributed by atoms with Gasteiger partial charge in [0.1, 0.15) is 5.82 Å². The summed E-state index contributed by atoms with van der Waals surface area (Å²) in [6.45, 7) is 15.2. The number of nitrogen functional groups attached to an aromatic ring is 1. The zero-order valence-electron chi connectivity index (χ0n) is 24.2. The molecule has 3 aromatic rings. The Morgan fingerprint density at radius 1 is 1.36 bits per heavy atom. The van der Waals surface area contributed by atoms with Crippen molar-refractivity contribution >= 4 is 44.9 Å². The molecule has 1 aliphatic carbocycles. The third-order valence-electron chi connectivity index (χ3n) is 8.46. The van der Waals surface area contributed by atoms with Crippen molar-refractivity contribution in [3.05, 3.63) is 63.4 Å². The highest BCUT2D eigenvalue weighted by molar-refractivity contribution is 7.48. The van der Waals surface area contributed by atoms with Gasteiger partial charge in [-0.25, -0.2) is 13.9 Å². The Hall–Kier alpha value is -2.38. The standard InChI is InChI=1S/C27H36ClFN5O6PSi/c1-15-17(13-38-41(36)37-10-9-21(39-41)16-7-8-19(29)18(28)11-16)22(40-42(5,6)27(2,3)4)12-20(15)34-14-31-23-24(34)32-26(30)33-25(23)35/h7-8,11,14,17,20-22H,1,9-10,12-13H2,2-6H3,(H3,30,32,33,35)/t17-,20-,21+,22-,41-/m0/s1. The average molecular weight is 640 g/mol. The van der Waals surface area contributed by atoms with Crippen LogP contribution in [0.15, 0.2) is 41.5 Å². The molecule has 228 valence electrons. The van der Waals surface area contributed by atoms with E-state index in [0.29, 0.717) is 24.1 Å². The largest absolute Gasteiger partial charge is 0.475 e. The second kappa shape index (κ2) is 11.3. The van der Waals surface area contributed by atoms with Crippen LogP contribution in [0, 0.1) is 11.7 Å². The Bertz CT molecular complexity index is 1620. The van der Waals surface area contributed by atoms with Crippen LogP contribution in [-0.4, -0.2) is 47.2 Å². The van der Waals surface area contributed by atoms with Crippen LogP contribution in [0.2, 0.25) is 23.2 Å². The van der Waals surface area contributed by atoms with Gasteiger partial charge in [-0.2, -0.15) is 4.98 Å². The van der Waals surface area contributed by atoms with E-state index >= 15 is 0 Å². The summed E-state index contributed by atoms with van der Waals surface area (Å²) >= 11 is 5.96. The van der Waals surface area contributed by atoms with Crippen LogP contribution < -0.4 is 11.3 Å². The molecule has 3 heterocycles. The maximum atomic E-state index is 13.7. The first-order valence-corrected chi connectivity index (χ1v) is 18.4. The van der Waals surface area contributed by atoms with Crippen molar-refractivity contribution < 1.29 is 27.0 Å². The van der Waals surface area contributed by atoms with Crippen molar-refractivity contribution in [2.75, 3.05) is 18.9 Å². The van der Waals surface area contributed by atoms with Crippen LogP contribution in [0.5, 0.6) is 0 Å². The molecule has 2 aromatic heterocycles. The number of aromatic amines is 1. The lowest BCUT2D eigenvalue weighted by Crippen LogP contribution is -2.45. The number of benzene rings is 1. The van der Waals surface area contributed by atoms with Crippen molar-refractivity contribution in [1.29, 1.82) is 0 Å². The zero-order chi connectivity index (χ0) is 30.6. The van der Waals surface area contributed by atoms with Crippen molar-refractivity contribution in [2.45, 2.75) is 70.0 Å². The van der Waals surface area contributed by atoms with E-state index in [0.717, 1.165) is 5.57 Å². The van der Waals surface area contributed by atoms with E-state index in [2.05, 4.69) is 55.4 Å². The van der Waals surface area contributed by atoms with Gasteiger partial charge in [-0.3, -0.25) is 23.3 Å². The first-order valence-electron chi connectivity index (χ1n) is 13.7. The van der Waals surface area contributed by atoms with Gasteiger partial charge in [0, 0.05) is 12.3 Å². The molecule has 0 unspecified atom stereocenters. The third kappa shape index (κ3) is 6.01. The number of nitrogens with two attached hydrogens (primary N) is 1. The predicted octanol–water partition coefficient (Wildman–Crippen LogP) is 6.30. The number of anilines is 1. The number of hydrogen-bond donors (Lipinski definition) is 2. The van der Waals surface area contributed by atoms with Gasteiger partial charge >= 0.3 is 7.82 Å². The number of hydrogen-bond acceptors (Lipinski definition) is 9. The van der Waals surface area contributed by atoms with Gasteiger partial charge in [-0.15, -0.1) is 0 Å². The van der Waals surface area contributed by atoms with E-state index in [1.165, 1.54) is 18.2 Å². The first-order chi connectivity index (χ1) is 19.6. The molecule has 15 heteroatoms. The number of nitrogens with one attached hydrogen (secondary N) is 1. The summed E-state index contributed by atoms with van der Waals surface area (Å²) in [5.74, 6) is -0.963. The van der Waals surface area contributed by atoms with Crippen molar-refractivity contribution in [2.24, 2.45) is 5.92 Å². The highest BCUT2D eigenvalue weighted by Crippen LogP contribution is 2.58. The minimum Gasteiger partial charge on any atom is -0.413 e. The monoisotopic (exact) mass is 639 g/mol. The smallest absolute Gasteiger partial charge is 0.413 e. The number of rotatable bonds is 7. The van der Waals surface area contributed by atoms with Gasteiger partial charge in [0.05, 0.1) is 42.8 Å². The fraction of sp³-hybridized carbons (Fsp3) is 0.519. The quantitative estimate of drug-likeness (QED) is 0.173. The van der Waals surface area contributed by atoms with E-state index in [9.17, 15) is 13.8 Å². The number of H-pyrrole nitrogens is 1. The van der Waals surface area contributed by atoms with Gasteiger partial charge in [0.2, 0.25) is 5.95 Å². The zero-order valence-corrected chi connectivity index (χ0v) is 26.9. The fourth-order valence-corrected chi connectivity index (χ4v) is 8.04. The number of phosphoric ester groups is 1. The summed E-state index contributed by atoms with van der Waals surface area (Å²) in [7, 11) is -6.27. The third-order valence-corrected chi connectivity index (χ3v) is 14.7. The number of fused-ring (bicyclic) bond motifs is 1. The normalized spacial score (nSPS) is 27.2. The molecule has 0 spiro atoms. The Morgan fingerprint density at radius 2 is 2.10 bits per heavy atom. The van der Waals surface area contributed by atoms with Crippen LogP contribution >= 0.6 is 19.4 Å². The number of phosphoric acid groups is 1. The van der Waals surface area contributed by atoms with Gasteiger partial charge in [-0.05, 0) is 47.8 Å². The molecule has 2 fully saturated rings. The highest BCUT2D eigenvalue weighted by atomic mass is 35.5. The van der Waals surface area contributed by atoms with E-state index in [1.54, 1.807) is 10.9 Å². The van der Waals surface area contributed by atoms with E-state index in [1.807, 2.05) is 0 Å². The fourth-order valence-electron chi connectivity index (χ4n) is 5.07. The van der Waals surface area contributed by atoms with Crippen molar-refractivity contribution in [3.8, 4) is 0 Å². The lowest BCUT2D eigenvalue weighted by Gasteiger charge is -2.40. The molecule has 0 amide bonds. The Kier molecular flexibility index (Phi) is 8.34.